The summed E-state index contributed by atoms with van der Waals surface area (Å²) in [5.41, 5.74) is 1.18. The predicted octanol–water partition coefficient (Wildman–Crippen LogP) is 1.71. The lowest BCUT2D eigenvalue weighted by Gasteiger charge is -1.96. The molecule has 0 unspecified atom stereocenters. The van der Waals surface area contributed by atoms with E-state index in [-0.39, 0.29) is 0 Å². The van der Waals surface area contributed by atoms with Crippen molar-refractivity contribution in [3.63, 3.8) is 0 Å². The third-order valence-corrected chi connectivity index (χ3v) is 1.38. The zero-order valence-electron chi connectivity index (χ0n) is 6.56. The van der Waals surface area contributed by atoms with Gasteiger partial charge in [-0.25, -0.2) is 4.79 Å². The van der Waals surface area contributed by atoms with E-state index in [1.807, 2.05) is 6.07 Å². The Labute approximate surface area is 69.6 Å². The van der Waals surface area contributed by atoms with Crippen LogP contribution < -0.4 is 0 Å². The van der Waals surface area contributed by atoms with E-state index < -0.39 is 5.97 Å². The molecule has 0 fully saturated rings. The molecule has 0 radical (unpaired) electrons. The smallest absolute Gasteiger partial charge is 0.335 e. The van der Waals surface area contributed by atoms with Gasteiger partial charge in [0.1, 0.15) is 0 Å². The summed E-state index contributed by atoms with van der Waals surface area (Å²) in [7, 11) is 0. The van der Waals surface area contributed by atoms with Crippen molar-refractivity contribution in [2.24, 2.45) is 0 Å². The van der Waals surface area contributed by atoms with Crippen molar-refractivity contribution in [2.75, 3.05) is 0 Å². The Kier molecular flexibility index (Phi) is 4.67. The molecule has 0 bridgehead atoms. The lowest BCUT2D eigenvalue weighted by Crippen LogP contribution is -1.97. The summed E-state index contributed by atoms with van der Waals surface area (Å²) >= 11 is 0. The third-order valence-electron chi connectivity index (χ3n) is 1.38. The molecule has 0 aliphatic heterocycles. The molecular weight excluding hydrogens is 160 g/mol. The average Bonchev–Trinajstić information content (AvgIpc) is 2.08. The minimum Gasteiger partial charge on any atom is -0.478 e. The van der Waals surface area contributed by atoms with Gasteiger partial charge >= 0.3 is 5.97 Å². The van der Waals surface area contributed by atoms with Crippen LogP contribution in [0.1, 0.15) is 15.9 Å². The summed E-state index contributed by atoms with van der Waals surface area (Å²) < 4.78 is 0. The maximum absolute atomic E-state index is 10.4. The van der Waals surface area contributed by atoms with Crippen LogP contribution in [-0.4, -0.2) is 21.6 Å². The van der Waals surface area contributed by atoms with E-state index in [1.54, 1.807) is 25.1 Å². The molecule has 4 heteroatoms. The molecule has 0 aliphatic rings. The quantitative estimate of drug-likeness (QED) is 0.443. The molecule has 0 amide bonds. The van der Waals surface area contributed by atoms with Crippen LogP contribution in [0.4, 0.5) is 0 Å². The standard InChI is InChI=1S/C8H8O2.H2O2/c1-6-4-2-3-5-7(6)8(9)10;1-2/h2-5H,1H3,(H,9,10);1-2H. The molecule has 1 rings (SSSR count). The number of rotatable bonds is 1. The van der Waals surface area contributed by atoms with Crippen LogP contribution in [0.3, 0.4) is 0 Å². The second-order valence-electron chi connectivity index (χ2n) is 2.12. The molecular formula is C8H10O4. The zero-order chi connectivity index (χ0) is 9.56. The molecule has 0 saturated heterocycles. The number of aromatic carboxylic acids is 1. The van der Waals surface area contributed by atoms with E-state index >= 15 is 0 Å². The van der Waals surface area contributed by atoms with Gasteiger partial charge in [0.15, 0.2) is 0 Å². The number of hydrogen-bond acceptors (Lipinski definition) is 3. The summed E-state index contributed by atoms with van der Waals surface area (Å²) in [4.78, 5) is 10.4. The summed E-state index contributed by atoms with van der Waals surface area (Å²) in [5, 5.41) is 20.6. The van der Waals surface area contributed by atoms with Gasteiger partial charge in [0.25, 0.3) is 0 Å². The van der Waals surface area contributed by atoms with Gasteiger partial charge in [-0.1, -0.05) is 18.2 Å². The largest absolute Gasteiger partial charge is 0.478 e. The highest BCUT2D eigenvalue weighted by atomic mass is 17.0. The van der Waals surface area contributed by atoms with Crippen LogP contribution in [0.2, 0.25) is 0 Å². The number of carboxylic acid groups (broad SMARTS) is 1. The van der Waals surface area contributed by atoms with E-state index in [2.05, 4.69) is 0 Å². The molecule has 0 spiro atoms. The number of carbonyl (C=O) groups is 1. The van der Waals surface area contributed by atoms with E-state index in [9.17, 15) is 4.79 Å². The summed E-state index contributed by atoms with van der Waals surface area (Å²) in [6.45, 7) is 1.78. The van der Waals surface area contributed by atoms with E-state index in [0.717, 1.165) is 5.56 Å². The molecule has 0 aromatic heterocycles. The van der Waals surface area contributed by atoms with Crippen LogP contribution in [0.5, 0.6) is 0 Å². The molecule has 4 nitrogen and oxygen atoms in total. The Hall–Kier alpha value is -1.39. The second-order valence-corrected chi connectivity index (χ2v) is 2.12. The van der Waals surface area contributed by atoms with Crippen molar-refractivity contribution in [1.29, 1.82) is 0 Å². The monoisotopic (exact) mass is 170 g/mol. The summed E-state index contributed by atoms with van der Waals surface area (Å²) in [6, 6.07) is 6.92. The highest BCUT2D eigenvalue weighted by molar-refractivity contribution is 5.89. The van der Waals surface area contributed by atoms with Gasteiger partial charge in [0.2, 0.25) is 0 Å². The van der Waals surface area contributed by atoms with Gasteiger partial charge in [-0.2, -0.15) is 0 Å². The Morgan fingerprint density at radius 1 is 1.25 bits per heavy atom. The molecule has 66 valence electrons. The van der Waals surface area contributed by atoms with E-state index in [1.165, 1.54) is 0 Å². The molecule has 0 heterocycles. The molecule has 1 aromatic rings. The topological polar surface area (TPSA) is 77.8 Å². The lowest BCUT2D eigenvalue weighted by molar-refractivity contribution is -0.176. The maximum atomic E-state index is 10.4. The van der Waals surface area contributed by atoms with Gasteiger partial charge in [0, 0.05) is 0 Å². The fourth-order valence-corrected chi connectivity index (χ4v) is 0.813. The van der Waals surface area contributed by atoms with Gasteiger partial charge in [-0.15, -0.1) is 0 Å². The van der Waals surface area contributed by atoms with Crippen molar-refractivity contribution in [3.05, 3.63) is 35.4 Å². The first kappa shape index (κ1) is 10.6. The van der Waals surface area contributed by atoms with Crippen molar-refractivity contribution in [1.82, 2.24) is 0 Å². The molecule has 12 heavy (non-hydrogen) atoms. The first-order valence-corrected chi connectivity index (χ1v) is 3.21. The number of hydrogen-bond donors (Lipinski definition) is 3. The fourth-order valence-electron chi connectivity index (χ4n) is 0.813. The lowest BCUT2D eigenvalue weighted by atomic mass is 10.1. The third kappa shape index (κ3) is 2.69. The second kappa shape index (κ2) is 5.29. The Morgan fingerprint density at radius 3 is 2.08 bits per heavy atom. The Balaban J connectivity index is 0.000000561. The minimum atomic E-state index is -0.863. The molecule has 0 aliphatic carbocycles. The van der Waals surface area contributed by atoms with Crippen LogP contribution in [0, 0.1) is 6.92 Å². The zero-order valence-corrected chi connectivity index (χ0v) is 6.56. The van der Waals surface area contributed by atoms with Gasteiger partial charge in [-0.05, 0) is 18.6 Å². The van der Waals surface area contributed by atoms with Crippen molar-refractivity contribution in [3.8, 4) is 0 Å². The highest BCUT2D eigenvalue weighted by Crippen LogP contribution is 2.05. The fraction of sp³-hybridized carbons (Fsp3) is 0.125. The Morgan fingerprint density at radius 2 is 1.75 bits per heavy atom. The number of benzene rings is 1. The SMILES string of the molecule is Cc1ccccc1C(=O)O.OO. The number of carboxylic acids is 1. The van der Waals surface area contributed by atoms with Crippen LogP contribution in [0.25, 0.3) is 0 Å². The first-order valence-electron chi connectivity index (χ1n) is 3.21. The molecule has 3 N–H and O–H groups in total. The summed E-state index contributed by atoms with van der Waals surface area (Å²) in [5.74, 6) is -0.863. The average molecular weight is 170 g/mol. The summed E-state index contributed by atoms with van der Waals surface area (Å²) in [6.07, 6.45) is 0. The minimum absolute atomic E-state index is 0.377. The van der Waals surface area contributed by atoms with Gasteiger partial charge in [0.05, 0.1) is 5.56 Å². The Bertz CT molecular complexity index is 257. The van der Waals surface area contributed by atoms with Crippen LogP contribution in [-0.2, 0) is 0 Å². The van der Waals surface area contributed by atoms with Gasteiger partial charge in [-0.3, -0.25) is 10.5 Å². The number of aryl methyl sites for hydroxylation is 1. The van der Waals surface area contributed by atoms with Crippen LogP contribution >= 0.6 is 0 Å². The van der Waals surface area contributed by atoms with Gasteiger partial charge < -0.3 is 5.11 Å². The highest BCUT2D eigenvalue weighted by Gasteiger charge is 2.02. The first-order chi connectivity index (χ1) is 5.72. The predicted molar refractivity (Wildman–Crippen MR) is 43.4 cm³/mol. The maximum Gasteiger partial charge on any atom is 0.335 e. The normalized spacial score (nSPS) is 8.25. The molecule has 1 aromatic carbocycles. The molecule has 0 atom stereocenters. The van der Waals surface area contributed by atoms with Crippen LogP contribution in [0.15, 0.2) is 24.3 Å². The van der Waals surface area contributed by atoms with E-state index in [4.69, 9.17) is 15.6 Å². The molecule has 0 saturated carbocycles. The van der Waals surface area contributed by atoms with E-state index in [0.29, 0.717) is 5.56 Å². The van der Waals surface area contributed by atoms with Crippen molar-refractivity contribution in [2.45, 2.75) is 6.92 Å². The van der Waals surface area contributed by atoms with Crippen molar-refractivity contribution < 1.29 is 20.4 Å². The van der Waals surface area contributed by atoms with Crippen molar-refractivity contribution >= 4 is 5.97 Å².